The van der Waals surface area contributed by atoms with Gasteiger partial charge in [-0.25, -0.2) is 0 Å². The molecule has 0 aliphatic carbocycles. The highest BCUT2D eigenvalue weighted by molar-refractivity contribution is 5.37. The predicted molar refractivity (Wildman–Crippen MR) is 75.1 cm³/mol. The normalized spacial score (nSPS) is 10.3. The van der Waals surface area contributed by atoms with E-state index >= 15 is 0 Å². The minimum atomic E-state index is -0.432. The van der Waals surface area contributed by atoms with Crippen LogP contribution in [0.25, 0.3) is 0 Å². The molecule has 0 unspecified atom stereocenters. The minimum Gasteiger partial charge on any atom is -0.492 e. The van der Waals surface area contributed by atoms with Crippen molar-refractivity contribution in [3.63, 3.8) is 0 Å². The van der Waals surface area contributed by atoms with Gasteiger partial charge in [-0.2, -0.15) is 5.10 Å². The van der Waals surface area contributed by atoms with Crippen molar-refractivity contribution in [1.82, 2.24) is 9.78 Å². The molecule has 0 fully saturated rings. The summed E-state index contributed by atoms with van der Waals surface area (Å²) in [4.78, 5) is 12.1. The third-order valence-electron chi connectivity index (χ3n) is 2.83. The van der Waals surface area contributed by atoms with Gasteiger partial charge in [-0.05, 0) is 12.1 Å². The zero-order valence-corrected chi connectivity index (χ0v) is 11.4. The van der Waals surface area contributed by atoms with E-state index in [1.807, 2.05) is 31.3 Å². The molecule has 0 aliphatic heterocycles. The second kappa shape index (κ2) is 6.05. The van der Waals surface area contributed by atoms with Crippen molar-refractivity contribution in [2.24, 2.45) is 7.05 Å². The standard InChI is InChI=1S/C13H16N4O3/c1-15(13-7-8-16(2)14-13)9-10-20-12-5-3-11(4-6-12)17(18)19/h3-8H,9-10H2,1-2H3. The summed E-state index contributed by atoms with van der Waals surface area (Å²) in [5, 5.41) is 14.8. The van der Waals surface area contributed by atoms with Crippen LogP contribution >= 0.6 is 0 Å². The fourth-order valence-electron chi connectivity index (χ4n) is 1.69. The van der Waals surface area contributed by atoms with Gasteiger partial charge in [0.1, 0.15) is 18.2 Å². The van der Waals surface area contributed by atoms with Crippen LogP contribution < -0.4 is 9.64 Å². The van der Waals surface area contributed by atoms with Crippen LogP contribution in [0.2, 0.25) is 0 Å². The van der Waals surface area contributed by atoms with Crippen molar-refractivity contribution in [2.75, 3.05) is 25.1 Å². The van der Waals surface area contributed by atoms with Crippen molar-refractivity contribution in [2.45, 2.75) is 0 Å². The number of rotatable bonds is 6. The summed E-state index contributed by atoms with van der Waals surface area (Å²) in [6.45, 7) is 1.15. The maximum absolute atomic E-state index is 10.5. The molecule has 1 aromatic heterocycles. The number of nitro benzene ring substituents is 1. The van der Waals surface area contributed by atoms with Gasteiger partial charge in [0.15, 0.2) is 0 Å². The number of ether oxygens (including phenoxy) is 1. The predicted octanol–water partition coefficient (Wildman–Crippen LogP) is 1.84. The van der Waals surface area contributed by atoms with Gasteiger partial charge in [-0.1, -0.05) is 0 Å². The number of anilines is 1. The summed E-state index contributed by atoms with van der Waals surface area (Å²) >= 11 is 0. The number of non-ortho nitro benzene ring substituents is 1. The Labute approximate surface area is 116 Å². The largest absolute Gasteiger partial charge is 0.492 e. The Morgan fingerprint density at radius 3 is 2.60 bits per heavy atom. The fraction of sp³-hybridized carbons (Fsp3) is 0.308. The monoisotopic (exact) mass is 276 g/mol. The maximum Gasteiger partial charge on any atom is 0.269 e. The van der Waals surface area contributed by atoms with Gasteiger partial charge >= 0.3 is 0 Å². The molecule has 0 saturated heterocycles. The molecule has 0 N–H and O–H groups in total. The van der Waals surface area contributed by atoms with Gasteiger partial charge in [0, 0.05) is 38.5 Å². The maximum atomic E-state index is 10.5. The molecule has 7 heteroatoms. The minimum absolute atomic E-state index is 0.0583. The summed E-state index contributed by atoms with van der Waals surface area (Å²) < 4.78 is 7.28. The molecule has 7 nitrogen and oxygen atoms in total. The highest BCUT2D eigenvalue weighted by atomic mass is 16.6. The molecule has 0 spiro atoms. The molecule has 2 aromatic rings. The molecule has 106 valence electrons. The van der Waals surface area contributed by atoms with Gasteiger partial charge in [0.2, 0.25) is 0 Å². The first kappa shape index (κ1) is 13.9. The van der Waals surface area contributed by atoms with Crippen molar-refractivity contribution in [3.05, 3.63) is 46.6 Å². The number of hydrogen-bond donors (Lipinski definition) is 0. The van der Waals surface area contributed by atoms with Gasteiger partial charge < -0.3 is 9.64 Å². The second-order valence-electron chi connectivity index (χ2n) is 4.37. The lowest BCUT2D eigenvalue weighted by atomic mass is 10.3. The van der Waals surface area contributed by atoms with E-state index in [2.05, 4.69) is 5.10 Å². The first-order valence-electron chi connectivity index (χ1n) is 6.14. The number of aromatic nitrogens is 2. The average molecular weight is 276 g/mol. The topological polar surface area (TPSA) is 73.4 Å². The van der Waals surface area contributed by atoms with Crippen LogP contribution in [0.3, 0.4) is 0 Å². The molecule has 0 bridgehead atoms. The number of benzene rings is 1. The molecule has 0 amide bonds. The Kier molecular flexibility index (Phi) is 4.19. The van der Waals surface area contributed by atoms with Gasteiger partial charge in [-0.3, -0.25) is 14.8 Å². The van der Waals surface area contributed by atoms with Gasteiger partial charge in [0.25, 0.3) is 5.69 Å². The first-order chi connectivity index (χ1) is 9.56. The summed E-state index contributed by atoms with van der Waals surface area (Å²) in [7, 11) is 3.80. The van der Waals surface area contributed by atoms with Crippen molar-refractivity contribution < 1.29 is 9.66 Å². The lowest BCUT2D eigenvalue weighted by molar-refractivity contribution is -0.384. The van der Waals surface area contributed by atoms with E-state index in [0.29, 0.717) is 18.9 Å². The molecule has 0 aliphatic rings. The molecule has 2 rings (SSSR count). The Morgan fingerprint density at radius 2 is 2.05 bits per heavy atom. The number of nitrogens with zero attached hydrogens (tertiary/aromatic N) is 4. The molecule has 0 saturated carbocycles. The third kappa shape index (κ3) is 3.47. The van der Waals surface area contributed by atoms with E-state index in [9.17, 15) is 10.1 Å². The average Bonchev–Trinajstić information content (AvgIpc) is 2.86. The SMILES string of the molecule is CN(CCOc1ccc([N+](=O)[O-])cc1)c1ccn(C)n1. The van der Waals surface area contributed by atoms with E-state index in [-0.39, 0.29) is 5.69 Å². The number of hydrogen-bond acceptors (Lipinski definition) is 5. The van der Waals surface area contributed by atoms with Crippen LogP contribution in [-0.2, 0) is 7.05 Å². The smallest absolute Gasteiger partial charge is 0.269 e. The Balaban J connectivity index is 1.82. The van der Waals surface area contributed by atoms with Crippen LogP contribution in [0.5, 0.6) is 5.75 Å². The van der Waals surface area contributed by atoms with Gasteiger partial charge in [-0.15, -0.1) is 0 Å². The van der Waals surface area contributed by atoms with Crippen molar-refractivity contribution in [1.29, 1.82) is 0 Å². The highest BCUT2D eigenvalue weighted by Gasteiger charge is 2.06. The lowest BCUT2D eigenvalue weighted by Crippen LogP contribution is -2.24. The van der Waals surface area contributed by atoms with E-state index in [4.69, 9.17) is 4.74 Å². The molecule has 0 atom stereocenters. The van der Waals surface area contributed by atoms with E-state index in [0.717, 1.165) is 5.82 Å². The zero-order chi connectivity index (χ0) is 14.5. The summed E-state index contributed by atoms with van der Waals surface area (Å²) in [6, 6.07) is 7.97. The quantitative estimate of drug-likeness (QED) is 0.594. The molecule has 1 heterocycles. The molecular weight excluding hydrogens is 260 g/mol. The zero-order valence-electron chi connectivity index (χ0n) is 11.4. The Hall–Kier alpha value is -2.57. The van der Waals surface area contributed by atoms with E-state index < -0.39 is 4.92 Å². The molecular formula is C13H16N4O3. The number of aryl methyl sites for hydroxylation is 1. The lowest BCUT2D eigenvalue weighted by Gasteiger charge is -2.16. The van der Waals surface area contributed by atoms with E-state index in [1.54, 1.807) is 16.8 Å². The molecule has 0 radical (unpaired) electrons. The van der Waals surface area contributed by atoms with E-state index in [1.165, 1.54) is 12.1 Å². The van der Waals surface area contributed by atoms with Crippen LogP contribution in [0.4, 0.5) is 11.5 Å². The van der Waals surface area contributed by atoms with Crippen LogP contribution in [0, 0.1) is 10.1 Å². The molecule has 20 heavy (non-hydrogen) atoms. The van der Waals surface area contributed by atoms with Gasteiger partial charge in [0.05, 0.1) is 11.5 Å². The summed E-state index contributed by atoms with van der Waals surface area (Å²) in [6.07, 6.45) is 1.88. The fourth-order valence-corrected chi connectivity index (χ4v) is 1.69. The second-order valence-corrected chi connectivity index (χ2v) is 4.37. The Bertz CT molecular complexity index is 580. The summed E-state index contributed by atoms with van der Waals surface area (Å²) in [5.41, 5.74) is 0.0583. The van der Waals surface area contributed by atoms with Crippen LogP contribution in [0.1, 0.15) is 0 Å². The number of nitro groups is 1. The van der Waals surface area contributed by atoms with Crippen LogP contribution in [-0.4, -0.2) is 34.9 Å². The number of likely N-dealkylation sites (N-methyl/N-ethyl adjacent to an activating group) is 1. The first-order valence-corrected chi connectivity index (χ1v) is 6.14. The van der Waals surface area contributed by atoms with Crippen molar-refractivity contribution >= 4 is 11.5 Å². The third-order valence-corrected chi connectivity index (χ3v) is 2.83. The molecule has 1 aromatic carbocycles. The van der Waals surface area contributed by atoms with Crippen LogP contribution in [0.15, 0.2) is 36.5 Å². The summed E-state index contributed by atoms with van der Waals surface area (Å²) in [5.74, 6) is 1.49. The van der Waals surface area contributed by atoms with Crippen molar-refractivity contribution in [3.8, 4) is 5.75 Å². The Morgan fingerprint density at radius 1 is 1.35 bits per heavy atom. The highest BCUT2D eigenvalue weighted by Crippen LogP contribution is 2.17.